The normalized spacial score (nSPS) is 52.5. The number of fused-ring (bicyclic) bond motifs is 5. The van der Waals surface area contributed by atoms with E-state index in [-0.39, 0.29) is 52.6 Å². The second-order valence-electron chi connectivity index (χ2n) is 22.5. The third-order valence-electron chi connectivity index (χ3n) is 18.4. The Morgan fingerprint density at radius 1 is 0.672 bits per heavy atom. The topological polar surface area (TPSA) is 278 Å². The van der Waals surface area contributed by atoms with E-state index in [1.807, 2.05) is 20.8 Å². The quantitative estimate of drug-likeness (QED) is 0.0946. The summed E-state index contributed by atoms with van der Waals surface area (Å²) >= 11 is 0. The van der Waals surface area contributed by atoms with Gasteiger partial charge in [0.15, 0.2) is 18.9 Å². The van der Waals surface area contributed by atoms with Crippen LogP contribution in [0.3, 0.4) is 0 Å². The van der Waals surface area contributed by atoms with Gasteiger partial charge in [-0.05, 0) is 124 Å². The highest BCUT2D eigenvalue weighted by molar-refractivity contribution is 5.20. The summed E-state index contributed by atoms with van der Waals surface area (Å²) in [6.45, 7) is 16.3. The molecule has 17 nitrogen and oxygen atoms in total. The lowest BCUT2D eigenvalue weighted by Gasteiger charge is -2.71. The lowest BCUT2D eigenvalue weighted by Crippen LogP contribution is -2.67. The van der Waals surface area contributed by atoms with Gasteiger partial charge in [-0.15, -0.1) is 0 Å². The van der Waals surface area contributed by atoms with Crippen LogP contribution in [0.2, 0.25) is 0 Å². The molecule has 7 aliphatic rings. The van der Waals surface area contributed by atoms with E-state index in [9.17, 15) is 56.2 Å². The molecule has 3 aliphatic heterocycles. The van der Waals surface area contributed by atoms with E-state index in [2.05, 4.69) is 40.7 Å². The molecule has 4 saturated carbocycles. The van der Waals surface area contributed by atoms with E-state index in [4.69, 9.17) is 28.4 Å². The highest BCUT2D eigenvalue weighted by Gasteiger charge is 2.72. The van der Waals surface area contributed by atoms with Gasteiger partial charge in [0.05, 0.1) is 37.6 Å². The zero-order valence-corrected chi connectivity index (χ0v) is 39.0. The van der Waals surface area contributed by atoms with Crippen LogP contribution >= 0.6 is 0 Å². The Kier molecular flexibility index (Phi) is 14.9. The van der Waals surface area contributed by atoms with Gasteiger partial charge in [-0.25, -0.2) is 0 Å². The van der Waals surface area contributed by atoms with Crippen molar-refractivity contribution in [3.8, 4) is 0 Å². The van der Waals surface area contributed by atoms with Crippen LogP contribution < -0.4 is 0 Å². The second-order valence-corrected chi connectivity index (χ2v) is 22.5. The Bertz CT molecular complexity index is 1630. The molecule has 24 atom stereocenters. The third-order valence-corrected chi connectivity index (χ3v) is 18.4. The molecule has 7 rings (SSSR count). The van der Waals surface area contributed by atoms with Crippen LogP contribution in [0.1, 0.15) is 113 Å². The summed E-state index contributed by atoms with van der Waals surface area (Å²) in [7, 11) is 0. The van der Waals surface area contributed by atoms with Crippen LogP contribution in [0.15, 0.2) is 11.6 Å². The average molecular weight is 917 g/mol. The maximum Gasteiger partial charge on any atom is 0.187 e. The zero-order valence-electron chi connectivity index (χ0n) is 39.0. The predicted molar refractivity (Wildman–Crippen MR) is 228 cm³/mol. The fourth-order valence-electron chi connectivity index (χ4n) is 14.5. The van der Waals surface area contributed by atoms with Crippen molar-refractivity contribution in [2.45, 2.75) is 217 Å². The molecule has 0 aromatic heterocycles. The van der Waals surface area contributed by atoms with Crippen molar-refractivity contribution in [2.75, 3.05) is 19.8 Å². The molecule has 3 unspecified atom stereocenters. The van der Waals surface area contributed by atoms with Gasteiger partial charge >= 0.3 is 0 Å². The number of hydrogen-bond acceptors (Lipinski definition) is 17. The Balaban J connectivity index is 1.11. The highest BCUT2D eigenvalue weighted by Crippen LogP contribution is 2.76. The van der Waals surface area contributed by atoms with E-state index in [0.29, 0.717) is 25.7 Å². The van der Waals surface area contributed by atoms with Crippen LogP contribution in [0.4, 0.5) is 0 Å². The van der Waals surface area contributed by atoms with Crippen molar-refractivity contribution in [3.05, 3.63) is 11.6 Å². The summed E-state index contributed by atoms with van der Waals surface area (Å²) in [4.78, 5) is 0. The van der Waals surface area contributed by atoms with Crippen molar-refractivity contribution < 1.29 is 84.6 Å². The van der Waals surface area contributed by atoms with E-state index in [1.54, 1.807) is 0 Å². The number of rotatable bonds is 12. The summed E-state index contributed by atoms with van der Waals surface area (Å²) < 4.78 is 36.5. The first-order chi connectivity index (χ1) is 29.9. The Morgan fingerprint density at radius 2 is 1.28 bits per heavy atom. The number of ether oxygens (including phenoxy) is 6. The van der Waals surface area contributed by atoms with Crippen LogP contribution in [-0.2, 0) is 28.4 Å². The third kappa shape index (κ3) is 8.60. The summed E-state index contributed by atoms with van der Waals surface area (Å²) in [5, 5.41) is 118. The largest absolute Gasteiger partial charge is 0.394 e. The maximum absolute atomic E-state index is 12.7. The van der Waals surface area contributed by atoms with Gasteiger partial charge in [0.2, 0.25) is 0 Å². The van der Waals surface area contributed by atoms with Crippen LogP contribution in [0, 0.1) is 45.3 Å². The Labute approximate surface area is 377 Å². The van der Waals surface area contributed by atoms with E-state index in [0.717, 1.165) is 37.7 Å². The Hall–Kier alpha value is -0.940. The molecule has 0 bridgehead atoms. The summed E-state index contributed by atoms with van der Waals surface area (Å²) in [5.41, 5.74) is -0.948. The van der Waals surface area contributed by atoms with Gasteiger partial charge < -0.3 is 84.6 Å². The first-order valence-corrected chi connectivity index (χ1v) is 23.8. The number of aliphatic hydroxyl groups is 11. The molecule has 7 fully saturated rings. The molecule has 11 N–H and O–H groups in total. The molecule has 0 aromatic carbocycles. The van der Waals surface area contributed by atoms with Crippen LogP contribution in [0.5, 0.6) is 0 Å². The minimum atomic E-state index is -1.68. The van der Waals surface area contributed by atoms with E-state index >= 15 is 0 Å². The van der Waals surface area contributed by atoms with Crippen LogP contribution in [0.25, 0.3) is 0 Å². The molecule has 370 valence electrons. The summed E-state index contributed by atoms with van der Waals surface area (Å²) in [5.74, 6) is -0.0478. The lowest BCUT2D eigenvalue weighted by molar-refractivity contribution is -0.346. The average Bonchev–Trinajstić information content (AvgIpc) is 3.62. The van der Waals surface area contributed by atoms with Gasteiger partial charge in [-0.2, -0.15) is 0 Å². The number of aliphatic hydroxyl groups excluding tert-OH is 11. The molecule has 3 heterocycles. The molecule has 0 amide bonds. The fourth-order valence-corrected chi connectivity index (χ4v) is 14.5. The SMILES string of the molecule is CC(C)=CCC[C@](C)(O[C@@H]1O[C@H](CO[C@@H]2OC[C@H](O)[C@@H](O)[C@@H]2O)[C@@H](O)[C@H](O)[C@H]1O)[C@H]1CC[C@]2(C)C1C(O)C[C@@H]1[C@@]3(C)CC[C@H](O[C@@H]4O[C@H](CO)[C@@H](O)[C@H](O)[C@H]4O)C(C)(C)C3CC[C@]12C. The predicted octanol–water partition coefficient (Wildman–Crippen LogP) is 0.612. The lowest BCUT2D eigenvalue weighted by atomic mass is 9.35. The first kappa shape index (κ1) is 50.9. The minimum Gasteiger partial charge on any atom is -0.394 e. The molecule has 0 spiro atoms. The zero-order chi connectivity index (χ0) is 47.1. The van der Waals surface area contributed by atoms with E-state index in [1.165, 1.54) is 0 Å². The highest BCUT2D eigenvalue weighted by atomic mass is 16.7. The molecular formula is C47H80O17. The first-order valence-electron chi connectivity index (χ1n) is 23.8. The summed E-state index contributed by atoms with van der Waals surface area (Å²) in [6, 6.07) is 0. The van der Waals surface area contributed by atoms with E-state index < -0.39 is 116 Å². The molecular weight excluding hydrogens is 836 g/mol. The monoisotopic (exact) mass is 917 g/mol. The van der Waals surface area contributed by atoms with Gasteiger partial charge in [-0.1, -0.05) is 46.3 Å². The molecule has 4 aliphatic carbocycles. The van der Waals surface area contributed by atoms with Crippen molar-refractivity contribution in [1.82, 2.24) is 0 Å². The molecule has 0 radical (unpaired) electrons. The number of hydrogen-bond donors (Lipinski definition) is 11. The van der Waals surface area contributed by atoms with Crippen molar-refractivity contribution >= 4 is 0 Å². The van der Waals surface area contributed by atoms with Gasteiger partial charge in [0.25, 0.3) is 0 Å². The summed E-state index contributed by atoms with van der Waals surface area (Å²) in [6.07, 6.45) is -12.4. The minimum absolute atomic E-state index is 0.149. The van der Waals surface area contributed by atoms with Crippen molar-refractivity contribution in [2.24, 2.45) is 45.3 Å². The van der Waals surface area contributed by atoms with Gasteiger partial charge in [0.1, 0.15) is 67.1 Å². The fraction of sp³-hybridized carbons (Fsp3) is 0.957. The van der Waals surface area contributed by atoms with Gasteiger partial charge in [0, 0.05) is 0 Å². The molecule has 64 heavy (non-hydrogen) atoms. The van der Waals surface area contributed by atoms with Gasteiger partial charge in [-0.3, -0.25) is 0 Å². The standard InChI is InChI=1S/C47H80O17/c1-22(2)10-9-14-47(8,64-42-39(58)36(55)34(53)27(62-42)21-60-40-37(56)32(51)25(50)20-59-40)23-11-16-46(7)31(23)24(49)18-29-44(5)15-13-30(43(3,4)28(44)12-17-45(29,46)6)63-41-38(57)35(54)33(52)26(19-48)61-41/h10,23-42,48-58H,9,11-21H2,1-8H3/t23-,24?,25-,26+,27+,28?,29+,30-,31?,32+,33+,34+,35-,36-,37-,38+,39+,40-,41-,42-,44-,45+,46+,47-/m0/s1. The smallest absolute Gasteiger partial charge is 0.187 e. The number of allylic oxidation sites excluding steroid dienone is 2. The van der Waals surface area contributed by atoms with Crippen LogP contribution in [-0.4, -0.2) is 180 Å². The molecule has 0 aromatic rings. The maximum atomic E-state index is 12.7. The molecule has 17 heteroatoms. The second kappa shape index (κ2) is 18.8. The van der Waals surface area contributed by atoms with Crippen molar-refractivity contribution in [1.29, 1.82) is 0 Å². The Morgan fingerprint density at radius 3 is 1.94 bits per heavy atom. The molecule has 3 saturated heterocycles. The van der Waals surface area contributed by atoms with Crippen molar-refractivity contribution in [3.63, 3.8) is 0 Å².